The summed E-state index contributed by atoms with van der Waals surface area (Å²) < 4.78 is 1.97. The number of hydrogen-bond acceptors (Lipinski definition) is 3. The number of imidazole rings is 1. The maximum absolute atomic E-state index is 13.5. The third-order valence-electron chi connectivity index (χ3n) is 6.32. The van der Waals surface area contributed by atoms with Gasteiger partial charge in [-0.1, -0.05) is 48.7 Å². The van der Waals surface area contributed by atoms with E-state index in [1.54, 1.807) is 6.20 Å². The van der Waals surface area contributed by atoms with E-state index in [-0.39, 0.29) is 5.91 Å². The summed E-state index contributed by atoms with van der Waals surface area (Å²) in [6.07, 6.45) is 7.47. The van der Waals surface area contributed by atoms with E-state index < -0.39 is 5.41 Å². The largest absolute Gasteiger partial charge is 0.325 e. The zero-order chi connectivity index (χ0) is 21.4. The van der Waals surface area contributed by atoms with Crippen molar-refractivity contribution in [3.8, 4) is 11.3 Å². The molecule has 0 spiro atoms. The number of anilines is 1. The topological polar surface area (TPSA) is 59.3 Å². The van der Waals surface area contributed by atoms with Crippen LogP contribution in [0.5, 0.6) is 0 Å². The number of nitrogens with one attached hydrogen (secondary N) is 1. The molecule has 0 aliphatic heterocycles. The molecule has 0 bridgehead atoms. The lowest BCUT2D eigenvalue weighted by Crippen LogP contribution is -2.37. The number of halogens is 1. The normalized spacial score (nSPS) is 15.3. The van der Waals surface area contributed by atoms with Crippen LogP contribution in [0.3, 0.4) is 0 Å². The minimum absolute atomic E-state index is 0.0397. The number of carbonyl (C=O) groups excluding carboxylic acids is 1. The van der Waals surface area contributed by atoms with E-state index in [9.17, 15) is 4.79 Å². The van der Waals surface area contributed by atoms with Gasteiger partial charge in [-0.15, -0.1) is 0 Å². The van der Waals surface area contributed by atoms with Crippen LogP contribution in [0.25, 0.3) is 17.0 Å². The van der Waals surface area contributed by atoms with Crippen molar-refractivity contribution >= 4 is 29.0 Å². The Morgan fingerprint density at radius 1 is 1.10 bits per heavy atom. The number of fused-ring (bicyclic) bond motifs is 1. The number of aryl methyl sites for hydroxylation is 1. The highest BCUT2D eigenvalue weighted by molar-refractivity contribution is 6.30. The molecule has 1 saturated carbocycles. The fraction of sp³-hybridized carbons (Fsp3) is 0.240. The zero-order valence-electron chi connectivity index (χ0n) is 17.3. The molecule has 2 aromatic carbocycles. The van der Waals surface area contributed by atoms with Crippen LogP contribution in [0.1, 0.15) is 36.9 Å². The Bertz CT molecular complexity index is 1260. The van der Waals surface area contributed by atoms with Crippen molar-refractivity contribution in [2.24, 2.45) is 0 Å². The van der Waals surface area contributed by atoms with E-state index in [1.165, 1.54) is 0 Å². The highest BCUT2D eigenvalue weighted by Crippen LogP contribution is 2.42. The molecule has 5 rings (SSSR count). The Morgan fingerprint density at radius 3 is 2.61 bits per heavy atom. The fourth-order valence-corrected chi connectivity index (χ4v) is 4.79. The van der Waals surface area contributed by atoms with Gasteiger partial charge in [0.2, 0.25) is 11.7 Å². The third-order valence-corrected chi connectivity index (χ3v) is 6.58. The van der Waals surface area contributed by atoms with Gasteiger partial charge in [0.05, 0.1) is 11.1 Å². The summed E-state index contributed by atoms with van der Waals surface area (Å²) in [5.41, 5.74) is 4.12. The van der Waals surface area contributed by atoms with Gasteiger partial charge in [0, 0.05) is 34.4 Å². The van der Waals surface area contributed by atoms with Gasteiger partial charge in [-0.25, -0.2) is 9.97 Å². The second-order valence-electron chi connectivity index (χ2n) is 8.17. The second-order valence-corrected chi connectivity index (χ2v) is 8.60. The van der Waals surface area contributed by atoms with E-state index in [1.807, 2.05) is 72.1 Å². The summed E-state index contributed by atoms with van der Waals surface area (Å²) in [6.45, 7) is 2.02. The van der Waals surface area contributed by atoms with Gasteiger partial charge in [0.25, 0.3) is 0 Å². The Hall–Kier alpha value is -3.18. The zero-order valence-corrected chi connectivity index (χ0v) is 18.1. The van der Waals surface area contributed by atoms with Crippen LogP contribution >= 0.6 is 11.6 Å². The molecule has 1 aliphatic rings. The van der Waals surface area contributed by atoms with Gasteiger partial charge in [0.1, 0.15) is 0 Å². The molecule has 2 heterocycles. The molecule has 1 fully saturated rings. The van der Waals surface area contributed by atoms with E-state index >= 15 is 0 Å². The lowest BCUT2D eigenvalue weighted by atomic mass is 9.78. The average Bonchev–Trinajstić information content (AvgIpc) is 3.41. The molecule has 6 heteroatoms. The Balaban J connectivity index is 1.46. The van der Waals surface area contributed by atoms with Crippen molar-refractivity contribution in [2.75, 3.05) is 5.32 Å². The molecule has 5 nitrogen and oxygen atoms in total. The molecule has 0 saturated heterocycles. The lowest BCUT2D eigenvalue weighted by Gasteiger charge is -2.28. The SMILES string of the molecule is Cc1c(-c2cccc(NC(=O)C3(c4ccc(Cl)cc4)CCCC3)c2)nc2ncccn12. The van der Waals surface area contributed by atoms with Gasteiger partial charge in [-0.05, 0) is 55.7 Å². The van der Waals surface area contributed by atoms with Crippen LogP contribution in [-0.2, 0) is 10.2 Å². The monoisotopic (exact) mass is 430 g/mol. The first kappa shape index (κ1) is 19.8. The summed E-state index contributed by atoms with van der Waals surface area (Å²) in [5, 5.41) is 3.86. The Labute approximate surface area is 186 Å². The summed E-state index contributed by atoms with van der Waals surface area (Å²) in [7, 11) is 0. The number of carbonyl (C=O) groups is 1. The highest BCUT2D eigenvalue weighted by Gasteiger charge is 2.42. The van der Waals surface area contributed by atoms with Crippen LogP contribution in [0.2, 0.25) is 5.02 Å². The van der Waals surface area contributed by atoms with E-state index in [4.69, 9.17) is 11.6 Å². The average molecular weight is 431 g/mol. The summed E-state index contributed by atoms with van der Waals surface area (Å²) in [4.78, 5) is 22.5. The summed E-state index contributed by atoms with van der Waals surface area (Å²) >= 11 is 6.08. The minimum Gasteiger partial charge on any atom is -0.325 e. The predicted molar refractivity (Wildman–Crippen MR) is 123 cm³/mol. The number of amides is 1. The first-order valence-electron chi connectivity index (χ1n) is 10.5. The smallest absolute Gasteiger partial charge is 0.235 e. The van der Waals surface area contributed by atoms with Crippen LogP contribution in [-0.4, -0.2) is 20.3 Å². The van der Waals surface area contributed by atoms with Gasteiger partial charge in [-0.3, -0.25) is 9.20 Å². The van der Waals surface area contributed by atoms with Crippen molar-refractivity contribution < 1.29 is 4.79 Å². The number of benzene rings is 2. The lowest BCUT2D eigenvalue weighted by molar-refractivity contribution is -0.121. The number of aromatic nitrogens is 3. The molecule has 156 valence electrons. The number of nitrogens with zero attached hydrogens (tertiary/aromatic N) is 3. The molecule has 1 aliphatic carbocycles. The summed E-state index contributed by atoms with van der Waals surface area (Å²) in [6, 6.07) is 17.5. The standard InChI is InChI=1S/C25H23ClN4O/c1-17-22(29-24-27-14-5-15-30(17)24)18-6-4-7-21(16-18)28-23(31)25(12-2-3-13-25)19-8-10-20(26)11-9-19/h4-11,14-16H,2-3,12-13H2,1H3,(H,28,31). The molecular formula is C25H23ClN4O. The van der Waals surface area contributed by atoms with Gasteiger partial charge < -0.3 is 5.32 Å². The van der Waals surface area contributed by atoms with Crippen molar-refractivity contribution in [3.05, 3.63) is 83.3 Å². The molecule has 1 amide bonds. The second kappa shape index (κ2) is 7.82. The highest BCUT2D eigenvalue weighted by atomic mass is 35.5. The Kier molecular flexibility index (Phi) is 4.98. The number of hydrogen-bond donors (Lipinski definition) is 1. The predicted octanol–water partition coefficient (Wildman–Crippen LogP) is 5.81. The molecule has 1 N–H and O–H groups in total. The van der Waals surface area contributed by atoms with E-state index in [0.717, 1.165) is 53.9 Å². The molecule has 0 atom stereocenters. The van der Waals surface area contributed by atoms with Crippen LogP contribution in [0, 0.1) is 6.92 Å². The molecule has 2 aromatic heterocycles. The molecule has 0 radical (unpaired) electrons. The first-order chi connectivity index (χ1) is 15.1. The van der Waals surface area contributed by atoms with Crippen LogP contribution in [0.4, 0.5) is 5.69 Å². The van der Waals surface area contributed by atoms with Crippen molar-refractivity contribution in [1.82, 2.24) is 14.4 Å². The fourth-order valence-electron chi connectivity index (χ4n) is 4.67. The molecule has 4 aromatic rings. The van der Waals surface area contributed by atoms with Gasteiger partial charge in [-0.2, -0.15) is 0 Å². The Morgan fingerprint density at radius 2 is 1.87 bits per heavy atom. The maximum Gasteiger partial charge on any atom is 0.235 e. The molecule has 0 unspecified atom stereocenters. The van der Waals surface area contributed by atoms with Crippen LogP contribution < -0.4 is 5.32 Å². The van der Waals surface area contributed by atoms with Crippen LogP contribution in [0.15, 0.2) is 67.0 Å². The third kappa shape index (κ3) is 3.49. The molecule has 31 heavy (non-hydrogen) atoms. The van der Waals surface area contributed by atoms with E-state index in [2.05, 4.69) is 15.3 Å². The minimum atomic E-state index is -0.510. The van der Waals surface area contributed by atoms with Gasteiger partial charge in [0.15, 0.2) is 0 Å². The quantitative estimate of drug-likeness (QED) is 0.444. The summed E-state index contributed by atoms with van der Waals surface area (Å²) in [5.74, 6) is 0.704. The van der Waals surface area contributed by atoms with E-state index in [0.29, 0.717) is 10.8 Å². The van der Waals surface area contributed by atoms with Crippen molar-refractivity contribution in [1.29, 1.82) is 0 Å². The number of rotatable bonds is 4. The molecular weight excluding hydrogens is 408 g/mol. The first-order valence-corrected chi connectivity index (χ1v) is 10.9. The van der Waals surface area contributed by atoms with Crippen molar-refractivity contribution in [3.63, 3.8) is 0 Å². The van der Waals surface area contributed by atoms with Crippen molar-refractivity contribution in [2.45, 2.75) is 38.0 Å². The van der Waals surface area contributed by atoms with Gasteiger partial charge >= 0.3 is 0 Å². The maximum atomic E-state index is 13.5.